The topological polar surface area (TPSA) is 119 Å². The third-order valence-electron chi connectivity index (χ3n) is 4.54. The van der Waals surface area contributed by atoms with Crippen molar-refractivity contribution in [2.45, 2.75) is 34.9 Å². The maximum atomic E-state index is 13.1. The van der Waals surface area contributed by atoms with E-state index in [1.165, 1.54) is 29.6 Å². The number of sulfonamides is 1. The van der Waals surface area contributed by atoms with E-state index in [0.29, 0.717) is 17.4 Å². The standard InChI is InChI=1S/C18H21ClN4O5S3/c1-28-15(24)11-29-18-22-21-17(30-18)20-16(25)12-6-7-13(19)14(10-12)31(26,27)23-8-4-2-3-5-9-23/h6-7,10H,2-5,8-9,11H2,1H3,(H,20,21,25). The second-order valence-electron chi connectivity index (χ2n) is 6.66. The lowest BCUT2D eigenvalue weighted by molar-refractivity contribution is -0.137. The van der Waals surface area contributed by atoms with Crippen LogP contribution >= 0.6 is 34.7 Å². The van der Waals surface area contributed by atoms with Crippen LogP contribution in [0.2, 0.25) is 5.02 Å². The molecular formula is C18H21ClN4O5S3. The summed E-state index contributed by atoms with van der Waals surface area (Å²) < 4.78 is 32.7. The molecule has 0 spiro atoms. The van der Waals surface area contributed by atoms with Crippen LogP contribution in [-0.4, -0.2) is 60.7 Å². The molecule has 0 radical (unpaired) electrons. The van der Waals surface area contributed by atoms with Crippen molar-refractivity contribution in [2.24, 2.45) is 0 Å². The predicted octanol–water partition coefficient (Wildman–Crippen LogP) is 3.27. The molecule has 1 aliphatic rings. The number of methoxy groups -OCH3 is 1. The average molecular weight is 505 g/mol. The number of hydrogen-bond acceptors (Lipinski definition) is 9. The first kappa shape index (κ1) is 23.9. The number of hydrogen-bond donors (Lipinski definition) is 1. The van der Waals surface area contributed by atoms with Gasteiger partial charge in [0.15, 0.2) is 4.34 Å². The molecule has 31 heavy (non-hydrogen) atoms. The molecule has 1 aliphatic heterocycles. The number of carbonyl (C=O) groups is 2. The summed E-state index contributed by atoms with van der Waals surface area (Å²) in [5, 5.41) is 10.7. The van der Waals surface area contributed by atoms with Crippen LogP contribution in [0.4, 0.5) is 5.13 Å². The highest BCUT2D eigenvalue weighted by Crippen LogP contribution is 2.29. The van der Waals surface area contributed by atoms with Gasteiger partial charge >= 0.3 is 5.97 Å². The van der Waals surface area contributed by atoms with E-state index in [-0.39, 0.29) is 26.4 Å². The fraction of sp³-hybridized carbons (Fsp3) is 0.444. The molecule has 1 aromatic heterocycles. The number of aromatic nitrogens is 2. The molecular weight excluding hydrogens is 484 g/mol. The Hall–Kier alpha value is -1.73. The molecule has 1 N–H and O–H groups in total. The Morgan fingerprint density at radius 1 is 1.23 bits per heavy atom. The first-order valence-electron chi connectivity index (χ1n) is 9.45. The van der Waals surface area contributed by atoms with Gasteiger partial charge in [-0.2, -0.15) is 4.31 Å². The molecule has 0 aliphatic carbocycles. The first-order valence-corrected chi connectivity index (χ1v) is 13.1. The smallest absolute Gasteiger partial charge is 0.316 e. The highest BCUT2D eigenvalue weighted by molar-refractivity contribution is 8.01. The monoisotopic (exact) mass is 504 g/mol. The van der Waals surface area contributed by atoms with Crippen molar-refractivity contribution in [3.8, 4) is 0 Å². The number of nitrogens with zero attached hydrogens (tertiary/aromatic N) is 3. The van der Waals surface area contributed by atoms with Gasteiger partial charge in [0, 0.05) is 18.7 Å². The molecule has 1 saturated heterocycles. The molecule has 0 atom stereocenters. The van der Waals surface area contributed by atoms with Gasteiger partial charge in [0.2, 0.25) is 15.2 Å². The minimum Gasteiger partial charge on any atom is -0.468 e. The van der Waals surface area contributed by atoms with Crippen molar-refractivity contribution in [3.05, 3.63) is 28.8 Å². The Kier molecular flexibility index (Phi) is 8.28. The van der Waals surface area contributed by atoms with E-state index in [1.807, 2.05) is 0 Å². The van der Waals surface area contributed by atoms with E-state index in [9.17, 15) is 18.0 Å². The molecule has 2 aromatic rings. The molecule has 2 heterocycles. The Balaban J connectivity index is 1.74. The summed E-state index contributed by atoms with van der Waals surface area (Å²) in [5.41, 5.74) is 0.136. The van der Waals surface area contributed by atoms with Crippen LogP contribution in [0.3, 0.4) is 0 Å². The van der Waals surface area contributed by atoms with Crippen molar-refractivity contribution in [1.82, 2.24) is 14.5 Å². The number of benzene rings is 1. The molecule has 3 rings (SSSR count). The summed E-state index contributed by atoms with van der Waals surface area (Å²) in [4.78, 5) is 23.8. The van der Waals surface area contributed by atoms with E-state index in [4.69, 9.17) is 11.6 Å². The van der Waals surface area contributed by atoms with Gasteiger partial charge in [0.25, 0.3) is 5.91 Å². The summed E-state index contributed by atoms with van der Waals surface area (Å²) in [6, 6.07) is 4.14. The summed E-state index contributed by atoms with van der Waals surface area (Å²) in [6.07, 6.45) is 3.57. The number of esters is 1. The Bertz CT molecular complexity index is 1050. The quantitative estimate of drug-likeness (QED) is 0.346. The fourth-order valence-corrected chi connectivity index (χ4v) is 6.53. The van der Waals surface area contributed by atoms with E-state index in [1.54, 1.807) is 0 Å². The summed E-state index contributed by atoms with van der Waals surface area (Å²) >= 11 is 8.42. The first-order chi connectivity index (χ1) is 14.8. The zero-order valence-corrected chi connectivity index (χ0v) is 19.9. The van der Waals surface area contributed by atoms with Crippen molar-refractivity contribution >= 4 is 61.7 Å². The lowest BCUT2D eigenvalue weighted by atomic mass is 10.2. The van der Waals surface area contributed by atoms with Gasteiger partial charge in [0.05, 0.1) is 17.9 Å². The van der Waals surface area contributed by atoms with E-state index >= 15 is 0 Å². The van der Waals surface area contributed by atoms with Gasteiger partial charge in [-0.1, -0.05) is 47.5 Å². The molecule has 13 heteroatoms. The van der Waals surface area contributed by atoms with Crippen molar-refractivity contribution in [1.29, 1.82) is 0 Å². The maximum absolute atomic E-state index is 13.1. The maximum Gasteiger partial charge on any atom is 0.316 e. The number of thioether (sulfide) groups is 1. The SMILES string of the molecule is COC(=O)CSc1nnc(NC(=O)c2ccc(Cl)c(S(=O)(=O)N3CCCCCC3)c2)s1. The number of nitrogens with one attached hydrogen (secondary N) is 1. The van der Waals surface area contributed by atoms with Crippen molar-refractivity contribution in [2.75, 3.05) is 31.3 Å². The number of ether oxygens (including phenoxy) is 1. The van der Waals surface area contributed by atoms with Crippen LogP contribution in [0.25, 0.3) is 0 Å². The predicted molar refractivity (Wildman–Crippen MR) is 119 cm³/mol. The van der Waals surface area contributed by atoms with Gasteiger partial charge in [-0.3, -0.25) is 14.9 Å². The highest BCUT2D eigenvalue weighted by atomic mass is 35.5. The van der Waals surface area contributed by atoms with Crippen LogP contribution in [-0.2, 0) is 19.6 Å². The van der Waals surface area contributed by atoms with Gasteiger partial charge < -0.3 is 4.74 Å². The number of anilines is 1. The number of amides is 1. The molecule has 1 amide bonds. The Morgan fingerprint density at radius 3 is 2.61 bits per heavy atom. The molecule has 1 aromatic carbocycles. The van der Waals surface area contributed by atoms with Crippen molar-refractivity contribution < 1.29 is 22.7 Å². The number of rotatable bonds is 7. The minimum atomic E-state index is -3.81. The summed E-state index contributed by atoms with van der Waals surface area (Å²) in [7, 11) is -2.52. The lowest BCUT2D eigenvalue weighted by Crippen LogP contribution is -2.32. The second-order valence-corrected chi connectivity index (χ2v) is 11.2. The Labute approximate surface area is 193 Å². The lowest BCUT2D eigenvalue weighted by Gasteiger charge is -2.21. The van der Waals surface area contributed by atoms with E-state index < -0.39 is 21.9 Å². The van der Waals surface area contributed by atoms with Gasteiger partial charge in [0.1, 0.15) is 4.90 Å². The van der Waals surface area contributed by atoms with Gasteiger partial charge in [-0.25, -0.2) is 8.42 Å². The normalized spacial score (nSPS) is 15.3. The fourth-order valence-electron chi connectivity index (χ4n) is 2.93. The van der Waals surface area contributed by atoms with Crippen LogP contribution in [0.5, 0.6) is 0 Å². The molecule has 9 nitrogen and oxygen atoms in total. The summed E-state index contributed by atoms with van der Waals surface area (Å²) in [6.45, 7) is 0.873. The molecule has 0 saturated carbocycles. The van der Waals surface area contributed by atoms with Crippen LogP contribution in [0, 0.1) is 0 Å². The van der Waals surface area contributed by atoms with E-state index in [2.05, 4.69) is 20.3 Å². The van der Waals surface area contributed by atoms with Crippen LogP contribution in [0.15, 0.2) is 27.4 Å². The van der Waals surface area contributed by atoms with Crippen LogP contribution in [0.1, 0.15) is 36.0 Å². The second kappa shape index (κ2) is 10.7. The van der Waals surface area contributed by atoms with Crippen molar-refractivity contribution in [3.63, 3.8) is 0 Å². The average Bonchev–Trinajstić information content (AvgIpc) is 3.01. The molecule has 0 bridgehead atoms. The molecule has 168 valence electrons. The third kappa shape index (κ3) is 6.16. The molecule has 1 fully saturated rings. The Morgan fingerprint density at radius 2 is 1.94 bits per heavy atom. The largest absolute Gasteiger partial charge is 0.468 e. The molecule has 0 unspecified atom stereocenters. The van der Waals surface area contributed by atoms with Gasteiger partial charge in [-0.15, -0.1) is 10.2 Å². The zero-order chi connectivity index (χ0) is 22.4. The third-order valence-corrected chi connectivity index (χ3v) is 8.87. The van der Waals surface area contributed by atoms with E-state index in [0.717, 1.165) is 48.8 Å². The highest BCUT2D eigenvalue weighted by Gasteiger charge is 2.28. The summed E-state index contributed by atoms with van der Waals surface area (Å²) in [5.74, 6) is -0.858. The minimum absolute atomic E-state index is 0.0678. The van der Waals surface area contributed by atoms with Gasteiger partial charge in [-0.05, 0) is 31.0 Å². The zero-order valence-electron chi connectivity index (χ0n) is 16.7. The number of halogens is 1. The van der Waals surface area contributed by atoms with Crippen LogP contribution < -0.4 is 5.32 Å². The number of carbonyl (C=O) groups excluding carboxylic acids is 2.